The Hall–Kier alpha value is -1.52. The number of carboxylic acids is 1. The summed E-state index contributed by atoms with van der Waals surface area (Å²) in [7, 11) is -4.67. The number of hydrogen-bond acceptors (Lipinski definition) is 6. The molecule has 0 spiro atoms. The lowest BCUT2D eigenvalue weighted by molar-refractivity contribution is -0.156. The van der Waals surface area contributed by atoms with Crippen molar-refractivity contribution in [3.05, 3.63) is 0 Å². The third-order valence-electron chi connectivity index (χ3n) is 0.287. The molecule has 0 radical (unpaired) electrons. The number of aliphatic carboxylic acids is 1. The molecule has 0 aromatic heterocycles. The molecule has 0 bridgehead atoms. The van der Waals surface area contributed by atoms with Crippen molar-refractivity contribution in [2.45, 2.75) is 20.8 Å². The molecule has 0 amide bonds. The predicted molar refractivity (Wildman–Crippen MR) is 49.9 cm³/mol. The number of ether oxygens (including phenoxy) is 1. The lowest BCUT2D eigenvalue weighted by atomic mass is 10.7. The summed E-state index contributed by atoms with van der Waals surface area (Å²) in [5, 5.41) is 7.42. The second kappa shape index (κ2) is 10.0. The van der Waals surface area contributed by atoms with Gasteiger partial charge in [0.25, 0.3) is 5.97 Å². The molecule has 10 heteroatoms. The molecule has 0 aliphatic heterocycles. The Morgan fingerprint density at radius 1 is 0.938 bits per heavy atom. The summed E-state index contributed by atoms with van der Waals surface area (Å²) < 4.78 is 35.6. The van der Waals surface area contributed by atoms with Crippen molar-refractivity contribution in [1.82, 2.24) is 0 Å². The van der Waals surface area contributed by atoms with Gasteiger partial charge in [-0.15, -0.1) is 0 Å². The predicted octanol–water partition coefficient (Wildman–Crippen LogP) is -0.466. The Balaban J connectivity index is -0.000000166. The van der Waals surface area contributed by atoms with E-state index in [1.807, 2.05) is 0 Å². The van der Waals surface area contributed by atoms with Crippen molar-refractivity contribution in [2.24, 2.45) is 0 Å². The van der Waals surface area contributed by atoms with E-state index >= 15 is 0 Å². The topological polar surface area (TPSA) is 155 Å². The Bertz CT molecular complexity index is 304. The van der Waals surface area contributed by atoms with Gasteiger partial charge in [0.15, 0.2) is 0 Å². The normalized spacial score (nSPS) is 8.56. The van der Waals surface area contributed by atoms with Crippen LogP contribution < -0.4 is 0 Å². The Morgan fingerprint density at radius 2 is 1.06 bits per heavy atom. The highest BCUT2D eigenvalue weighted by Gasteiger charge is 1.93. The van der Waals surface area contributed by atoms with E-state index in [-0.39, 0.29) is 0 Å². The first-order chi connectivity index (χ1) is 6.86. The van der Waals surface area contributed by atoms with Crippen LogP contribution in [-0.4, -0.2) is 40.5 Å². The summed E-state index contributed by atoms with van der Waals surface area (Å²) in [6.45, 7) is 3.45. The van der Waals surface area contributed by atoms with Crippen molar-refractivity contribution in [1.29, 1.82) is 0 Å². The van der Waals surface area contributed by atoms with Gasteiger partial charge in [-0.1, -0.05) is 0 Å². The van der Waals surface area contributed by atoms with Crippen molar-refractivity contribution in [2.75, 3.05) is 0 Å². The number of carboxylic acid groups (broad SMARTS) is 1. The van der Waals surface area contributed by atoms with Crippen LogP contribution in [0.1, 0.15) is 20.8 Å². The van der Waals surface area contributed by atoms with Crippen LogP contribution in [0.4, 0.5) is 0 Å². The summed E-state index contributed by atoms with van der Waals surface area (Å²) in [6.07, 6.45) is 0. The fourth-order valence-electron chi connectivity index (χ4n) is 0.202. The fraction of sp³-hybridized carbons (Fsp3) is 0.500. The van der Waals surface area contributed by atoms with Gasteiger partial charge in [-0.25, -0.2) is 0 Å². The van der Waals surface area contributed by atoms with Crippen molar-refractivity contribution >= 4 is 28.3 Å². The Morgan fingerprint density at radius 3 is 1.06 bits per heavy atom. The molecule has 0 aliphatic carbocycles. The number of carbonyl (C=O) groups is 3. The van der Waals surface area contributed by atoms with Gasteiger partial charge in [0.05, 0.1) is 0 Å². The molecule has 0 atom stereocenters. The quantitative estimate of drug-likeness (QED) is 0.297. The third kappa shape index (κ3) is 267. The Kier molecular flexibility index (Phi) is 12.5. The standard InChI is InChI=1S/C4H6O3.C2H4O2.H2O4S/c1-3(5)7-4(2)6;1-2(3)4;1-5(2,3)4/h1-2H3;1H3,(H,3,4);(H2,1,2,3,4). The molecule has 0 rings (SSSR count). The van der Waals surface area contributed by atoms with Crippen LogP contribution in [0, 0.1) is 0 Å². The minimum Gasteiger partial charge on any atom is -0.481 e. The van der Waals surface area contributed by atoms with E-state index in [1.54, 1.807) is 0 Å². The summed E-state index contributed by atoms with van der Waals surface area (Å²) >= 11 is 0. The van der Waals surface area contributed by atoms with Crippen molar-refractivity contribution < 1.29 is 41.8 Å². The first-order valence-corrected chi connectivity index (χ1v) is 4.84. The Labute approximate surface area is 91.6 Å². The zero-order chi connectivity index (χ0) is 13.9. The molecule has 0 saturated heterocycles. The van der Waals surface area contributed by atoms with Gasteiger partial charge in [0, 0.05) is 20.8 Å². The van der Waals surface area contributed by atoms with Crippen LogP contribution in [0.5, 0.6) is 0 Å². The lowest BCUT2D eigenvalue weighted by Gasteiger charge is -1.87. The van der Waals surface area contributed by atoms with Crippen LogP contribution in [0.3, 0.4) is 0 Å². The first-order valence-electron chi connectivity index (χ1n) is 3.44. The maximum Gasteiger partial charge on any atom is 0.394 e. The molecule has 9 nitrogen and oxygen atoms in total. The molecule has 0 unspecified atom stereocenters. The van der Waals surface area contributed by atoms with Crippen molar-refractivity contribution in [3.8, 4) is 0 Å². The van der Waals surface area contributed by atoms with Gasteiger partial charge in [-0.3, -0.25) is 23.5 Å². The minimum absolute atomic E-state index is 0.562. The number of hydrogen-bond donors (Lipinski definition) is 3. The highest BCUT2D eigenvalue weighted by atomic mass is 32.3. The first kappa shape index (κ1) is 20.0. The van der Waals surface area contributed by atoms with E-state index < -0.39 is 28.3 Å². The molecule has 0 aromatic rings. The molecule has 0 aliphatic rings. The van der Waals surface area contributed by atoms with Gasteiger partial charge in [0.2, 0.25) is 0 Å². The smallest absolute Gasteiger partial charge is 0.394 e. The molecular weight excluding hydrogens is 248 g/mol. The minimum atomic E-state index is -4.67. The molecule has 0 aromatic carbocycles. The van der Waals surface area contributed by atoms with Crippen LogP contribution in [0.25, 0.3) is 0 Å². The van der Waals surface area contributed by atoms with Crippen LogP contribution in [0.2, 0.25) is 0 Å². The van der Waals surface area contributed by atoms with E-state index in [0.29, 0.717) is 0 Å². The zero-order valence-corrected chi connectivity index (χ0v) is 9.52. The molecule has 96 valence electrons. The van der Waals surface area contributed by atoms with Gasteiger partial charge < -0.3 is 9.84 Å². The second-order valence-corrected chi connectivity index (χ2v) is 2.95. The molecule has 0 heterocycles. The van der Waals surface area contributed by atoms with Gasteiger partial charge >= 0.3 is 22.3 Å². The average molecular weight is 260 g/mol. The summed E-state index contributed by atoms with van der Waals surface area (Å²) in [5.41, 5.74) is 0. The van der Waals surface area contributed by atoms with E-state index in [1.165, 1.54) is 13.8 Å². The SMILES string of the molecule is CC(=O)O.CC(=O)OC(C)=O.O=S(=O)(O)O. The molecule has 0 saturated carbocycles. The second-order valence-electron chi connectivity index (χ2n) is 2.05. The maximum absolute atomic E-state index is 9.81. The summed E-state index contributed by atoms with van der Waals surface area (Å²) in [4.78, 5) is 28.6. The van der Waals surface area contributed by atoms with Gasteiger partial charge in [-0.05, 0) is 0 Å². The van der Waals surface area contributed by atoms with Crippen LogP contribution in [0.15, 0.2) is 0 Å². The van der Waals surface area contributed by atoms with Gasteiger partial charge in [-0.2, -0.15) is 8.42 Å². The van der Waals surface area contributed by atoms with E-state index in [4.69, 9.17) is 27.4 Å². The van der Waals surface area contributed by atoms with E-state index in [2.05, 4.69) is 4.74 Å². The number of esters is 2. The molecular formula is C6H12O9S. The largest absolute Gasteiger partial charge is 0.481 e. The zero-order valence-electron chi connectivity index (χ0n) is 8.70. The highest BCUT2D eigenvalue weighted by Crippen LogP contribution is 1.73. The molecule has 16 heavy (non-hydrogen) atoms. The number of carbonyl (C=O) groups excluding carboxylic acids is 2. The third-order valence-corrected chi connectivity index (χ3v) is 0.287. The molecule has 0 fully saturated rings. The summed E-state index contributed by atoms with van der Waals surface area (Å²) in [6, 6.07) is 0. The number of rotatable bonds is 0. The lowest BCUT2D eigenvalue weighted by Crippen LogP contribution is -2.03. The average Bonchev–Trinajstić information content (AvgIpc) is 1.74. The fourth-order valence-corrected chi connectivity index (χ4v) is 0.202. The van der Waals surface area contributed by atoms with Crippen molar-refractivity contribution in [3.63, 3.8) is 0 Å². The van der Waals surface area contributed by atoms with Gasteiger partial charge in [0.1, 0.15) is 0 Å². The highest BCUT2D eigenvalue weighted by molar-refractivity contribution is 7.79. The summed E-state index contributed by atoms with van der Waals surface area (Å²) in [5.74, 6) is -1.96. The maximum atomic E-state index is 9.81. The van der Waals surface area contributed by atoms with E-state index in [9.17, 15) is 9.59 Å². The van der Waals surface area contributed by atoms with Crippen LogP contribution >= 0.6 is 0 Å². The van der Waals surface area contributed by atoms with E-state index in [0.717, 1.165) is 6.92 Å². The monoisotopic (exact) mass is 260 g/mol. The molecule has 3 N–H and O–H groups in total. The van der Waals surface area contributed by atoms with Crippen LogP contribution in [-0.2, 0) is 29.5 Å².